The van der Waals surface area contributed by atoms with Crippen LogP contribution in [0.4, 0.5) is 11.4 Å². The van der Waals surface area contributed by atoms with Crippen LogP contribution in [0.2, 0.25) is 0 Å². The summed E-state index contributed by atoms with van der Waals surface area (Å²) >= 11 is 0. The summed E-state index contributed by atoms with van der Waals surface area (Å²) < 4.78 is 27.8. The van der Waals surface area contributed by atoms with Gasteiger partial charge in [-0.15, -0.1) is 0 Å². The minimum Gasteiger partial charge on any atom is -0.355 e. The van der Waals surface area contributed by atoms with Gasteiger partial charge in [-0.05, 0) is 55.0 Å². The molecular weight excluding hydrogens is 402 g/mol. The minimum atomic E-state index is -3.79. The number of hydrogen-bond acceptors (Lipinski definition) is 4. The van der Waals surface area contributed by atoms with Gasteiger partial charge in [-0.25, -0.2) is 8.42 Å². The third kappa shape index (κ3) is 4.66. The number of carbonyl (C=O) groups excluding carboxylic acids is 2. The fourth-order valence-corrected chi connectivity index (χ4v) is 3.93. The van der Waals surface area contributed by atoms with Gasteiger partial charge in [-0.3, -0.25) is 14.3 Å². The number of carbonyl (C=O) groups is 2. The molecule has 0 saturated heterocycles. The largest absolute Gasteiger partial charge is 0.355 e. The van der Waals surface area contributed by atoms with E-state index in [0.29, 0.717) is 16.9 Å². The summed E-state index contributed by atoms with van der Waals surface area (Å²) in [7, 11) is -2.29. The Morgan fingerprint density at radius 3 is 2.00 bits per heavy atom. The Labute approximate surface area is 175 Å². The molecule has 3 rings (SSSR count). The molecule has 0 aromatic heterocycles. The number of rotatable bonds is 6. The summed E-state index contributed by atoms with van der Waals surface area (Å²) in [4.78, 5) is 24.5. The van der Waals surface area contributed by atoms with Crippen LogP contribution in [-0.4, -0.2) is 27.3 Å². The van der Waals surface area contributed by atoms with E-state index in [4.69, 9.17) is 0 Å². The molecule has 0 fully saturated rings. The molecule has 0 aliphatic rings. The van der Waals surface area contributed by atoms with Gasteiger partial charge >= 0.3 is 0 Å². The molecule has 3 aromatic carbocycles. The van der Waals surface area contributed by atoms with E-state index in [0.717, 1.165) is 5.56 Å². The van der Waals surface area contributed by atoms with E-state index in [9.17, 15) is 18.0 Å². The molecule has 0 spiro atoms. The molecule has 0 heterocycles. The maximum atomic E-state index is 12.6. The van der Waals surface area contributed by atoms with Crippen LogP contribution in [0.1, 0.15) is 26.3 Å². The van der Waals surface area contributed by atoms with E-state index >= 15 is 0 Å². The van der Waals surface area contributed by atoms with Crippen molar-refractivity contribution in [3.63, 3.8) is 0 Å². The van der Waals surface area contributed by atoms with Crippen LogP contribution in [-0.2, 0) is 10.0 Å². The summed E-state index contributed by atoms with van der Waals surface area (Å²) in [6, 6.07) is 19.2. The monoisotopic (exact) mass is 423 g/mol. The molecule has 2 amide bonds. The SMILES string of the molecule is CNC(=O)c1ccccc1NC(=O)c1ccc(S(=O)(=O)Nc2ccccc2C)cc1. The summed E-state index contributed by atoms with van der Waals surface area (Å²) in [6.45, 7) is 1.81. The molecule has 0 saturated carbocycles. The highest BCUT2D eigenvalue weighted by Crippen LogP contribution is 2.21. The Balaban J connectivity index is 1.78. The van der Waals surface area contributed by atoms with Crippen LogP contribution in [0.15, 0.2) is 77.7 Å². The van der Waals surface area contributed by atoms with Crippen molar-refractivity contribution in [2.75, 3.05) is 17.1 Å². The lowest BCUT2D eigenvalue weighted by Crippen LogP contribution is -2.21. The molecule has 0 bridgehead atoms. The van der Waals surface area contributed by atoms with Crippen LogP contribution in [0.3, 0.4) is 0 Å². The third-order valence-electron chi connectivity index (χ3n) is 4.46. The molecule has 0 aliphatic carbocycles. The van der Waals surface area contributed by atoms with Crippen molar-refractivity contribution in [3.05, 3.63) is 89.5 Å². The van der Waals surface area contributed by atoms with Gasteiger partial charge < -0.3 is 10.6 Å². The quantitative estimate of drug-likeness (QED) is 0.565. The highest BCUT2D eigenvalue weighted by molar-refractivity contribution is 7.92. The van der Waals surface area contributed by atoms with E-state index < -0.39 is 15.9 Å². The number of benzene rings is 3. The summed E-state index contributed by atoms with van der Waals surface area (Å²) in [5, 5.41) is 5.20. The van der Waals surface area contributed by atoms with E-state index in [2.05, 4.69) is 15.4 Å². The molecule has 7 nitrogen and oxygen atoms in total. The zero-order valence-electron chi connectivity index (χ0n) is 16.5. The Morgan fingerprint density at radius 2 is 1.37 bits per heavy atom. The van der Waals surface area contributed by atoms with Gasteiger partial charge in [0.2, 0.25) is 0 Å². The predicted octanol–water partition coefficient (Wildman–Crippen LogP) is 3.41. The van der Waals surface area contributed by atoms with Gasteiger partial charge in [0.25, 0.3) is 21.8 Å². The van der Waals surface area contributed by atoms with Crippen molar-refractivity contribution < 1.29 is 18.0 Å². The van der Waals surface area contributed by atoms with Crippen LogP contribution in [0.25, 0.3) is 0 Å². The maximum absolute atomic E-state index is 12.6. The Morgan fingerprint density at radius 1 is 0.767 bits per heavy atom. The number of aryl methyl sites for hydroxylation is 1. The van der Waals surface area contributed by atoms with Gasteiger partial charge in [0.15, 0.2) is 0 Å². The summed E-state index contributed by atoms with van der Waals surface area (Å²) in [6.07, 6.45) is 0. The van der Waals surface area contributed by atoms with Crippen molar-refractivity contribution in [2.45, 2.75) is 11.8 Å². The van der Waals surface area contributed by atoms with Crippen molar-refractivity contribution in [2.24, 2.45) is 0 Å². The zero-order chi connectivity index (χ0) is 21.7. The topological polar surface area (TPSA) is 104 Å². The summed E-state index contributed by atoms with van der Waals surface area (Å²) in [5.74, 6) is -0.781. The lowest BCUT2D eigenvalue weighted by molar-refractivity contribution is 0.0964. The first-order valence-electron chi connectivity index (χ1n) is 9.13. The number of hydrogen-bond donors (Lipinski definition) is 3. The van der Waals surface area contributed by atoms with Crippen molar-refractivity contribution in [1.82, 2.24) is 5.32 Å². The van der Waals surface area contributed by atoms with Gasteiger partial charge in [0.05, 0.1) is 21.8 Å². The summed E-state index contributed by atoms with van der Waals surface area (Å²) in [5.41, 5.74) is 2.24. The second-order valence-corrected chi connectivity index (χ2v) is 8.21. The molecule has 0 atom stereocenters. The Bertz CT molecular complexity index is 1190. The van der Waals surface area contributed by atoms with Crippen LogP contribution >= 0.6 is 0 Å². The van der Waals surface area contributed by atoms with E-state index in [1.807, 2.05) is 19.1 Å². The predicted molar refractivity (Wildman–Crippen MR) is 116 cm³/mol. The second kappa shape index (κ2) is 8.79. The highest BCUT2D eigenvalue weighted by Gasteiger charge is 2.17. The molecule has 0 aliphatic heterocycles. The molecule has 3 N–H and O–H groups in total. The average Bonchev–Trinajstić information content (AvgIpc) is 2.75. The first kappa shape index (κ1) is 21.1. The standard InChI is InChI=1S/C22H21N3O4S/c1-15-7-3-5-9-19(15)25-30(28,29)17-13-11-16(12-14-17)21(26)24-20-10-6-4-8-18(20)22(27)23-2/h3-14,25H,1-2H3,(H,23,27)(H,24,26). The van der Waals surface area contributed by atoms with Crippen molar-refractivity contribution in [3.8, 4) is 0 Å². The van der Waals surface area contributed by atoms with Crippen LogP contribution < -0.4 is 15.4 Å². The first-order valence-corrected chi connectivity index (χ1v) is 10.6. The number of amides is 2. The lowest BCUT2D eigenvalue weighted by Gasteiger charge is -2.12. The molecule has 0 unspecified atom stereocenters. The fraction of sp³-hybridized carbons (Fsp3) is 0.0909. The first-order chi connectivity index (χ1) is 14.3. The van der Waals surface area contributed by atoms with Gasteiger partial charge in [0, 0.05) is 12.6 Å². The third-order valence-corrected chi connectivity index (χ3v) is 5.84. The van der Waals surface area contributed by atoms with Crippen molar-refractivity contribution in [1.29, 1.82) is 0 Å². The van der Waals surface area contributed by atoms with Crippen molar-refractivity contribution >= 4 is 33.2 Å². The molecule has 30 heavy (non-hydrogen) atoms. The van der Waals surface area contributed by atoms with E-state index in [1.165, 1.54) is 31.3 Å². The lowest BCUT2D eigenvalue weighted by atomic mass is 10.1. The van der Waals surface area contributed by atoms with E-state index in [1.54, 1.807) is 36.4 Å². The molecule has 3 aromatic rings. The number of anilines is 2. The maximum Gasteiger partial charge on any atom is 0.261 e. The van der Waals surface area contributed by atoms with Gasteiger partial charge in [0.1, 0.15) is 0 Å². The van der Waals surface area contributed by atoms with Gasteiger partial charge in [-0.1, -0.05) is 30.3 Å². The van der Waals surface area contributed by atoms with Crippen LogP contribution in [0, 0.1) is 6.92 Å². The number of nitrogens with one attached hydrogen (secondary N) is 3. The van der Waals surface area contributed by atoms with Crippen LogP contribution in [0.5, 0.6) is 0 Å². The molecule has 8 heteroatoms. The van der Waals surface area contributed by atoms with Gasteiger partial charge in [-0.2, -0.15) is 0 Å². The minimum absolute atomic E-state index is 0.0352. The highest BCUT2D eigenvalue weighted by atomic mass is 32.2. The smallest absolute Gasteiger partial charge is 0.261 e. The van der Waals surface area contributed by atoms with E-state index in [-0.39, 0.29) is 16.4 Å². The second-order valence-electron chi connectivity index (χ2n) is 6.52. The number of para-hydroxylation sites is 2. The number of sulfonamides is 1. The Hall–Kier alpha value is -3.65. The molecular formula is C22H21N3O4S. The average molecular weight is 423 g/mol. The normalized spacial score (nSPS) is 10.9. The Kier molecular flexibility index (Phi) is 6.17. The molecule has 154 valence electrons. The molecule has 0 radical (unpaired) electrons. The fourth-order valence-electron chi connectivity index (χ4n) is 2.80. The zero-order valence-corrected chi connectivity index (χ0v) is 17.3.